The zero-order valence-corrected chi connectivity index (χ0v) is 17.1. The second-order valence-electron chi connectivity index (χ2n) is 7.20. The summed E-state index contributed by atoms with van der Waals surface area (Å²) in [7, 11) is 0. The van der Waals surface area contributed by atoms with Crippen LogP contribution in [-0.2, 0) is 6.54 Å². The zero-order valence-electron chi connectivity index (χ0n) is 16.3. The van der Waals surface area contributed by atoms with Crippen molar-refractivity contribution in [1.29, 1.82) is 0 Å². The first-order valence-electron chi connectivity index (χ1n) is 9.95. The Balaban J connectivity index is 1.30. The first-order chi connectivity index (χ1) is 14.3. The molecule has 0 spiro atoms. The molecule has 0 radical (unpaired) electrons. The maximum atomic E-state index is 6.30. The minimum absolute atomic E-state index is 0.814. The summed E-state index contributed by atoms with van der Waals surface area (Å²) in [4.78, 5) is 1.54. The summed E-state index contributed by atoms with van der Waals surface area (Å²) >= 11 is 6.30. The van der Waals surface area contributed by atoms with E-state index in [9.17, 15) is 0 Å². The summed E-state index contributed by atoms with van der Waals surface area (Å²) in [6, 6.07) is 25.9. The molecule has 1 fully saturated rings. The van der Waals surface area contributed by atoms with Crippen LogP contribution in [0.4, 0.5) is 0 Å². The first kappa shape index (κ1) is 19.5. The molecule has 0 aliphatic carbocycles. The Hall–Kier alpha value is -2.82. The summed E-state index contributed by atoms with van der Waals surface area (Å²) in [6.07, 6.45) is 1.91. The van der Waals surface area contributed by atoms with Crippen LogP contribution in [0, 0.1) is 0 Å². The molecule has 4 rings (SSSR count). The molecule has 1 N–H and O–H groups in total. The minimum atomic E-state index is 0.814. The number of nitrogens with zero attached hydrogens (tertiary/aromatic N) is 2. The van der Waals surface area contributed by atoms with Crippen LogP contribution in [0.25, 0.3) is 0 Å². The minimum Gasteiger partial charge on any atom is -0.457 e. The maximum absolute atomic E-state index is 6.30. The first-order valence-corrected chi connectivity index (χ1v) is 10.3. The molecule has 0 saturated carbocycles. The van der Waals surface area contributed by atoms with Gasteiger partial charge in [0.1, 0.15) is 18.0 Å². The molecule has 1 aliphatic rings. The van der Waals surface area contributed by atoms with Crippen molar-refractivity contribution in [3.63, 3.8) is 0 Å². The standard InChI is InChI=1S/C24H24ClN3O/c25-24-12-5-4-8-21(24)19-27-13-15-28(16-14-27)26-18-20-7-6-11-23(17-20)29-22-9-2-1-3-10-22/h1-12,17-18H,13-16,19H2/p+1/b26-18+. The number of nitrogens with one attached hydrogen (secondary N) is 1. The highest BCUT2D eigenvalue weighted by Crippen LogP contribution is 2.21. The van der Waals surface area contributed by atoms with Crippen LogP contribution < -0.4 is 9.64 Å². The van der Waals surface area contributed by atoms with Crippen LogP contribution in [-0.4, -0.2) is 37.4 Å². The highest BCUT2D eigenvalue weighted by Gasteiger charge is 2.19. The average Bonchev–Trinajstić information content (AvgIpc) is 2.76. The molecule has 29 heavy (non-hydrogen) atoms. The van der Waals surface area contributed by atoms with Gasteiger partial charge in [-0.05, 0) is 35.9 Å². The summed E-state index contributed by atoms with van der Waals surface area (Å²) in [5.41, 5.74) is 2.25. The molecule has 1 aliphatic heterocycles. The van der Waals surface area contributed by atoms with Gasteiger partial charge in [0.05, 0.1) is 32.4 Å². The van der Waals surface area contributed by atoms with Gasteiger partial charge in [0.25, 0.3) is 0 Å². The van der Waals surface area contributed by atoms with Crippen LogP contribution in [0.15, 0.2) is 84.0 Å². The van der Waals surface area contributed by atoms with Crippen molar-refractivity contribution in [2.75, 3.05) is 26.2 Å². The smallest absolute Gasteiger partial charge is 0.128 e. The zero-order chi connectivity index (χ0) is 19.9. The molecule has 4 nitrogen and oxygen atoms in total. The van der Waals surface area contributed by atoms with E-state index in [2.05, 4.69) is 22.2 Å². The number of benzene rings is 3. The molecule has 0 atom stereocenters. The lowest BCUT2D eigenvalue weighted by Crippen LogP contribution is -3.13. The van der Waals surface area contributed by atoms with Crippen LogP contribution in [0.1, 0.15) is 11.1 Å². The van der Waals surface area contributed by atoms with Gasteiger partial charge in [0.2, 0.25) is 0 Å². The van der Waals surface area contributed by atoms with Gasteiger partial charge in [-0.2, -0.15) is 5.10 Å². The number of hydrazone groups is 1. The van der Waals surface area contributed by atoms with Gasteiger partial charge in [-0.15, -0.1) is 0 Å². The quantitative estimate of drug-likeness (QED) is 0.630. The number of rotatable bonds is 6. The Morgan fingerprint density at radius 2 is 1.62 bits per heavy atom. The van der Waals surface area contributed by atoms with Crippen molar-refractivity contribution in [2.45, 2.75) is 6.54 Å². The molecule has 0 bridgehead atoms. The maximum Gasteiger partial charge on any atom is 0.128 e. The van der Waals surface area contributed by atoms with E-state index in [1.807, 2.05) is 72.9 Å². The predicted octanol–water partition coefficient (Wildman–Crippen LogP) is 3.87. The number of piperazine rings is 1. The van der Waals surface area contributed by atoms with Crippen molar-refractivity contribution in [2.24, 2.45) is 5.10 Å². The summed E-state index contributed by atoms with van der Waals surface area (Å²) in [5, 5.41) is 7.67. The number of quaternary nitrogens is 1. The molecule has 0 unspecified atom stereocenters. The van der Waals surface area contributed by atoms with Crippen molar-refractivity contribution in [3.05, 3.63) is 95.0 Å². The summed E-state index contributed by atoms with van der Waals surface area (Å²) in [5.74, 6) is 1.65. The third kappa shape index (κ3) is 5.59. The third-order valence-electron chi connectivity index (χ3n) is 5.05. The molecular formula is C24H25ClN3O+. The van der Waals surface area contributed by atoms with Gasteiger partial charge in [-0.25, -0.2) is 0 Å². The fourth-order valence-electron chi connectivity index (χ4n) is 3.45. The van der Waals surface area contributed by atoms with Gasteiger partial charge in [0, 0.05) is 10.6 Å². The van der Waals surface area contributed by atoms with E-state index in [1.165, 1.54) is 5.56 Å². The highest BCUT2D eigenvalue weighted by atomic mass is 35.5. The molecule has 1 heterocycles. The van der Waals surface area contributed by atoms with Crippen molar-refractivity contribution < 1.29 is 9.64 Å². The van der Waals surface area contributed by atoms with Gasteiger partial charge in [-0.1, -0.05) is 60.1 Å². The Morgan fingerprint density at radius 3 is 2.41 bits per heavy atom. The normalized spacial score (nSPS) is 15.0. The van der Waals surface area contributed by atoms with E-state index in [0.29, 0.717) is 0 Å². The largest absolute Gasteiger partial charge is 0.457 e. The molecular weight excluding hydrogens is 382 g/mol. The molecule has 5 heteroatoms. The van der Waals surface area contributed by atoms with E-state index in [1.54, 1.807) is 4.90 Å². The fraction of sp³-hybridized carbons (Fsp3) is 0.208. The Kier molecular flexibility index (Phi) is 6.45. The predicted molar refractivity (Wildman–Crippen MR) is 118 cm³/mol. The third-order valence-corrected chi connectivity index (χ3v) is 5.42. The van der Waals surface area contributed by atoms with E-state index in [4.69, 9.17) is 16.3 Å². The van der Waals surface area contributed by atoms with Crippen LogP contribution in [0.3, 0.4) is 0 Å². The number of halogens is 1. The van der Waals surface area contributed by atoms with Gasteiger partial charge in [-0.3, -0.25) is 5.01 Å². The van der Waals surface area contributed by atoms with E-state index in [-0.39, 0.29) is 0 Å². The fourth-order valence-corrected chi connectivity index (χ4v) is 3.65. The molecule has 3 aromatic carbocycles. The van der Waals surface area contributed by atoms with Gasteiger partial charge >= 0.3 is 0 Å². The van der Waals surface area contributed by atoms with Crippen molar-refractivity contribution >= 4 is 17.8 Å². The number of hydrogen-bond donors (Lipinski definition) is 1. The molecule has 0 aromatic heterocycles. The summed E-state index contributed by atoms with van der Waals surface area (Å²) in [6.45, 7) is 4.96. The number of ether oxygens (including phenoxy) is 1. The highest BCUT2D eigenvalue weighted by molar-refractivity contribution is 6.31. The number of hydrogen-bond acceptors (Lipinski definition) is 3. The van der Waals surface area contributed by atoms with Crippen LogP contribution in [0.2, 0.25) is 5.02 Å². The SMILES string of the molecule is Clc1ccccc1C[NH+]1CCN(/N=C/c2cccc(Oc3ccccc3)c2)CC1. The molecule has 148 valence electrons. The second kappa shape index (κ2) is 9.59. The van der Waals surface area contributed by atoms with E-state index in [0.717, 1.165) is 54.8 Å². The molecule has 0 amide bonds. The second-order valence-corrected chi connectivity index (χ2v) is 7.61. The van der Waals surface area contributed by atoms with Crippen molar-refractivity contribution in [3.8, 4) is 11.5 Å². The molecule has 1 saturated heterocycles. The van der Waals surface area contributed by atoms with E-state index < -0.39 is 0 Å². The summed E-state index contributed by atoms with van der Waals surface area (Å²) < 4.78 is 5.90. The Bertz CT molecular complexity index is 953. The lowest BCUT2D eigenvalue weighted by atomic mass is 10.2. The lowest BCUT2D eigenvalue weighted by molar-refractivity contribution is -0.918. The molecule has 3 aromatic rings. The van der Waals surface area contributed by atoms with Gasteiger partial charge in [0.15, 0.2) is 0 Å². The average molecular weight is 407 g/mol. The van der Waals surface area contributed by atoms with Crippen LogP contribution >= 0.6 is 11.6 Å². The van der Waals surface area contributed by atoms with Crippen LogP contribution in [0.5, 0.6) is 11.5 Å². The monoisotopic (exact) mass is 406 g/mol. The van der Waals surface area contributed by atoms with Gasteiger partial charge < -0.3 is 9.64 Å². The lowest BCUT2D eigenvalue weighted by Gasteiger charge is -2.30. The number of para-hydroxylation sites is 1. The topological polar surface area (TPSA) is 29.3 Å². The van der Waals surface area contributed by atoms with Crippen molar-refractivity contribution in [1.82, 2.24) is 5.01 Å². The van der Waals surface area contributed by atoms with E-state index >= 15 is 0 Å². The Morgan fingerprint density at radius 1 is 0.897 bits per heavy atom. The Labute approximate surface area is 177 Å².